The number of carbonyl (C=O) groups excluding carboxylic acids is 1. The monoisotopic (exact) mass is 361 g/mol. The van der Waals surface area contributed by atoms with Crippen LogP contribution in [0, 0.1) is 5.82 Å². The smallest absolute Gasteiger partial charge is 0.238 e. The Bertz CT molecular complexity index is 859. The third-order valence-corrected chi connectivity index (χ3v) is 6.89. The third-order valence-electron chi connectivity index (χ3n) is 4.82. The second-order valence-electron chi connectivity index (χ2n) is 6.51. The van der Waals surface area contributed by atoms with Crippen molar-refractivity contribution >= 4 is 15.7 Å². The maximum atomic E-state index is 13.0. The fraction of sp³-hybridized carbons (Fsp3) is 0.316. The van der Waals surface area contributed by atoms with Gasteiger partial charge in [-0.1, -0.05) is 30.3 Å². The maximum Gasteiger partial charge on any atom is 0.238 e. The zero-order valence-corrected chi connectivity index (χ0v) is 14.7. The zero-order chi connectivity index (χ0) is 18.1. The number of sulfone groups is 1. The second kappa shape index (κ2) is 6.59. The van der Waals surface area contributed by atoms with Gasteiger partial charge in [-0.05, 0) is 49.6 Å². The summed E-state index contributed by atoms with van der Waals surface area (Å²) in [5.74, 6) is -1.05. The Morgan fingerprint density at radius 1 is 1.12 bits per heavy atom. The minimum Gasteiger partial charge on any atom is -0.354 e. The van der Waals surface area contributed by atoms with Crippen LogP contribution in [0.5, 0.6) is 0 Å². The molecule has 2 aromatic rings. The first-order valence-electron chi connectivity index (χ1n) is 8.18. The topological polar surface area (TPSA) is 63.2 Å². The molecule has 0 bridgehead atoms. The minimum atomic E-state index is -3.85. The molecule has 1 amide bonds. The number of carbonyl (C=O) groups is 1. The molecule has 1 fully saturated rings. The second-order valence-corrected chi connectivity index (χ2v) is 8.77. The Morgan fingerprint density at radius 3 is 2.28 bits per heavy atom. The van der Waals surface area contributed by atoms with E-state index >= 15 is 0 Å². The van der Waals surface area contributed by atoms with Crippen molar-refractivity contribution in [2.24, 2.45) is 0 Å². The molecule has 1 atom stereocenters. The van der Waals surface area contributed by atoms with Gasteiger partial charge in [0, 0.05) is 12.0 Å². The SMILES string of the molecule is C[C@@H](C(=O)NCC1(c2ccccc2)CC1)S(=O)(=O)c1ccc(F)cc1. The molecule has 1 saturated carbocycles. The van der Waals surface area contributed by atoms with Gasteiger partial charge in [-0.25, -0.2) is 12.8 Å². The number of hydrogen-bond acceptors (Lipinski definition) is 3. The highest BCUT2D eigenvalue weighted by Crippen LogP contribution is 2.47. The Hall–Kier alpha value is -2.21. The Morgan fingerprint density at radius 2 is 1.72 bits per heavy atom. The molecule has 1 aliphatic carbocycles. The summed E-state index contributed by atoms with van der Waals surface area (Å²) in [7, 11) is -3.85. The first kappa shape index (κ1) is 17.6. The van der Waals surface area contributed by atoms with Gasteiger partial charge in [-0.2, -0.15) is 0 Å². The van der Waals surface area contributed by atoms with Crippen LogP contribution in [-0.2, 0) is 20.0 Å². The quantitative estimate of drug-likeness (QED) is 0.805. The van der Waals surface area contributed by atoms with Crippen molar-refractivity contribution in [3.63, 3.8) is 0 Å². The molecule has 2 aromatic carbocycles. The van der Waals surface area contributed by atoms with Crippen molar-refractivity contribution in [2.75, 3.05) is 6.54 Å². The fourth-order valence-corrected chi connectivity index (χ4v) is 4.17. The standard InChI is InChI=1S/C19H20FNO3S/c1-14(25(23,24)17-9-7-16(20)8-10-17)18(22)21-13-19(11-12-19)15-5-3-2-4-6-15/h2-10,14H,11-13H2,1H3,(H,21,22)/t14-/m0/s1. The predicted octanol–water partition coefficient (Wildman–Crippen LogP) is 2.84. The lowest BCUT2D eigenvalue weighted by Crippen LogP contribution is -2.41. The van der Waals surface area contributed by atoms with E-state index in [1.165, 1.54) is 19.1 Å². The number of nitrogens with one attached hydrogen (secondary N) is 1. The number of benzene rings is 2. The zero-order valence-electron chi connectivity index (χ0n) is 13.9. The van der Waals surface area contributed by atoms with Gasteiger partial charge < -0.3 is 5.32 Å². The Labute approximate surface area is 147 Å². The number of halogens is 1. The highest BCUT2D eigenvalue weighted by atomic mass is 32.2. The van der Waals surface area contributed by atoms with Crippen LogP contribution in [0.3, 0.4) is 0 Å². The van der Waals surface area contributed by atoms with E-state index in [2.05, 4.69) is 5.32 Å². The molecular weight excluding hydrogens is 341 g/mol. The van der Waals surface area contributed by atoms with E-state index in [0.717, 1.165) is 30.5 Å². The molecule has 132 valence electrons. The van der Waals surface area contributed by atoms with Gasteiger partial charge in [0.2, 0.25) is 5.91 Å². The van der Waals surface area contributed by atoms with E-state index < -0.39 is 26.8 Å². The van der Waals surface area contributed by atoms with Crippen molar-refractivity contribution in [3.8, 4) is 0 Å². The summed E-state index contributed by atoms with van der Waals surface area (Å²) in [6.45, 7) is 1.77. The normalized spacial score (nSPS) is 16.9. The van der Waals surface area contributed by atoms with Gasteiger partial charge in [0.25, 0.3) is 0 Å². The van der Waals surface area contributed by atoms with E-state index in [4.69, 9.17) is 0 Å². The van der Waals surface area contributed by atoms with E-state index in [1.807, 2.05) is 30.3 Å². The predicted molar refractivity (Wildman–Crippen MR) is 93.4 cm³/mol. The first-order valence-corrected chi connectivity index (χ1v) is 9.72. The third kappa shape index (κ3) is 3.58. The van der Waals surface area contributed by atoms with E-state index in [0.29, 0.717) is 6.54 Å². The summed E-state index contributed by atoms with van der Waals surface area (Å²) in [5, 5.41) is 1.55. The molecule has 0 aromatic heterocycles. The number of rotatable bonds is 6. The lowest BCUT2D eigenvalue weighted by atomic mass is 9.96. The lowest BCUT2D eigenvalue weighted by Gasteiger charge is -2.19. The molecule has 0 heterocycles. The molecule has 25 heavy (non-hydrogen) atoms. The molecule has 1 aliphatic rings. The van der Waals surface area contributed by atoms with E-state index in [1.54, 1.807) is 0 Å². The van der Waals surface area contributed by atoms with Gasteiger partial charge >= 0.3 is 0 Å². The van der Waals surface area contributed by atoms with E-state index in [9.17, 15) is 17.6 Å². The fourth-order valence-electron chi connectivity index (χ4n) is 2.88. The van der Waals surface area contributed by atoms with Crippen LogP contribution < -0.4 is 5.32 Å². The first-order chi connectivity index (χ1) is 11.8. The lowest BCUT2D eigenvalue weighted by molar-refractivity contribution is -0.120. The summed E-state index contributed by atoms with van der Waals surface area (Å²) in [6, 6.07) is 14.4. The Balaban J connectivity index is 1.68. The summed E-state index contributed by atoms with van der Waals surface area (Å²) in [5.41, 5.74) is 1.07. The molecule has 3 rings (SSSR count). The van der Waals surface area contributed by atoms with Crippen LogP contribution in [0.1, 0.15) is 25.3 Å². The van der Waals surface area contributed by atoms with Gasteiger partial charge in [-0.15, -0.1) is 0 Å². The van der Waals surface area contributed by atoms with Crippen LogP contribution in [0.15, 0.2) is 59.5 Å². The van der Waals surface area contributed by atoms with Crippen molar-refractivity contribution < 1.29 is 17.6 Å². The number of amides is 1. The molecule has 0 unspecified atom stereocenters. The highest BCUT2D eigenvalue weighted by Gasteiger charge is 2.44. The average Bonchev–Trinajstić information content (AvgIpc) is 3.41. The molecule has 0 saturated heterocycles. The van der Waals surface area contributed by atoms with Crippen LogP contribution in [0.25, 0.3) is 0 Å². The summed E-state index contributed by atoms with van der Waals surface area (Å²) >= 11 is 0. The maximum absolute atomic E-state index is 13.0. The van der Waals surface area contributed by atoms with Crippen molar-refractivity contribution in [1.29, 1.82) is 0 Å². The van der Waals surface area contributed by atoms with Gasteiger partial charge in [0.05, 0.1) is 4.90 Å². The highest BCUT2D eigenvalue weighted by molar-refractivity contribution is 7.92. The van der Waals surface area contributed by atoms with Crippen LogP contribution >= 0.6 is 0 Å². The van der Waals surface area contributed by atoms with Gasteiger partial charge in [0.1, 0.15) is 11.1 Å². The van der Waals surface area contributed by atoms with Crippen molar-refractivity contribution in [1.82, 2.24) is 5.32 Å². The van der Waals surface area contributed by atoms with Crippen molar-refractivity contribution in [2.45, 2.75) is 35.3 Å². The molecular formula is C19H20FNO3S. The van der Waals surface area contributed by atoms with Gasteiger partial charge in [-0.3, -0.25) is 4.79 Å². The minimum absolute atomic E-state index is 0.0549. The van der Waals surface area contributed by atoms with Crippen LogP contribution in [0.2, 0.25) is 0 Å². The molecule has 0 aliphatic heterocycles. The number of hydrogen-bond donors (Lipinski definition) is 1. The van der Waals surface area contributed by atoms with Crippen LogP contribution in [0.4, 0.5) is 4.39 Å². The molecule has 0 radical (unpaired) electrons. The summed E-state index contributed by atoms with van der Waals surface area (Å²) < 4.78 is 38.0. The van der Waals surface area contributed by atoms with Gasteiger partial charge in [0.15, 0.2) is 9.84 Å². The molecule has 1 N–H and O–H groups in total. The molecule has 6 heteroatoms. The van der Waals surface area contributed by atoms with Crippen molar-refractivity contribution in [3.05, 3.63) is 66.0 Å². The Kier molecular flexibility index (Phi) is 4.64. The molecule has 4 nitrogen and oxygen atoms in total. The summed E-state index contributed by atoms with van der Waals surface area (Å²) in [6.07, 6.45) is 1.94. The average molecular weight is 361 g/mol. The molecule has 0 spiro atoms. The largest absolute Gasteiger partial charge is 0.354 e. The van der Waals surface area contributed by atoms with Crippen LogP contribution in [-0.4, -0.2) is 26.1 Å². The summed E-state index contributed by atoms with van der Waals surface area (Å²) in [4.78, 5) is 12.3. The van der Waals surface area contributed by atoms with E-state index in [-0.39, 0.29) is 10.3 Å².